The second-order valence-corrected chi connectivity index (χ2v) is 16.8. The third-order valence-corrected chi connectivity index (χ3v) is 13.9. The van der Waals surface area contributed by atoms with Crippen LogP contribution in [0.4, 0.5) is 17.6 Å². The minimum atomic E-state index is -1.06. The second-order valence-electron chi connectivity index (χ2n) is 13.6. The van der Waals surface area contributed by atoms with Crippen molar-refractivity contribution >= 4 is 98.7 Å². The van der Waals surface area contributed by atoms with E-state index in [0.29, 0.717) is 17.0 Å². The van der Waals surface area contributed by atoms with Crippen LogP contribution < -0.4 is 0 Å². The highest BCUT2D eigenvalue weighted by molar-refractivity contribution is 7.39. The number of ketones is 4. The Kier molecular flexibility index (Phi) is 5.94. The van der Waals surface area contributed by atoms with E-state index in [4.69, 9.17) is 0 Å². The molecule has 3 heterocycles. The SMILES string of the molecule is CC1(C)C(/C=C2\C(=O)C(=O)c3cc(F)cc(F)c32)=CC2=C1c1sc3c(sc4cc(/C=C5\C(=O)C(=O)c6c(F)cc(F)cc65)sc43)c1C2(C)C. The fourth-order valence-electron chi connectivity index (χ4n) is 7.70. The van der Waals surface area contributed by atoms with Crippen LogP contribution in [0.15, 0.2) is 53.6 Å². The predicted molar refractivity (Wildman–Crippen MR) is 184 cm³/mol. The quantitative estimate of drug-likeness (QED) is 0.104. The van der Waals surface area contributed by atoms with Crippen molar-refractivity contribution in [2.24, 2.45) is 5.41 Å². The molecule has 0 amide bonds. The maximum Gasteiger partial charge on any atom is 0.237 e. The Bertz CT molecular complexity index is 2670. The number of fused-ring (bicyclic) bond motifs is 8. The molecule has 0 unspecified atom stereocenters. The number of allylic oxidation sites excluding steroid dienone is 7. The summed E-state index contributed by atoms with van der Waals surface area (Å²) in [5, 5.41) is 0. The first-order valence-electron chi connectivity index (χ1n) is 15.2. The van der Waals surface area contributed by atoms with E-state index < -0.39 is 62.8 Å². The molecule has 2 aromatic carbocycles. The van der Waals surface area contributed by atoms with Crippen LogP contribution >= 0.6 is 34.0 Å². The maximum atomic E-state index is 14.9. The van der Waals surface area contributed by atoms with Gasteiger partial charge in [0.2, 0.25) is 23.1 Å². The third-order valence-electron chi connectivity index (χ3n) is 10.1. The van der Waals surface area contributed by atoms with Gasteiger partial charge in [0.15, 0.2) is 0 Å². The highest BCUT2D eigenvalue weighted by Gasteiger charge is 2.50. The highest BCUT2D eigenvalue weighted by Crippen LogP contribution is 2.65. The zero-order valence-corrected chi connectivity index (χ0v) is 28.4. The first-order valence-corrected chi connectivity index (χ1v) is 17.6. The van der Waals surface area contributed by atoms with Gasteiger partial charge in [0.25, 0.3) is 0 Å². The Labute approximate surface area is 287 Å². The van der Waals surface area contributed by atoms with Crippen LogP contribution in [0.1, 0.15) is 74.9 Å². The zero-order chi connectivity index (χ0) is 34.6. The highest BCUT2D eigenvalue weighted by atomic mass is 32.1. The number of halogens is 4. The first-order chi connectivity index (χ1) is 23.1. The monoisotopic (exact) mass is 712 g/mol. The summed E-state index contributed by atoms with van der Waals surface area (Å²) in [7, 11) is 0. The number of thiophene rings is 3. The lowest BCUT2D eigenvalue weighted by atomic mass is 9.79. The number of carbonyl (C=O) groups is 4. The summed E-state index contributed by atoms with van der Waals surface area (Å²) in [6.07, 6.45) is 5.11. The number of hydrogen-bond donors (Lipinski definition) is 0. The second kappa shape index (κ2) is 9.56. The largest absolute Gasteiger partial charge is 0.285 e. The topological polar surface area (TPSA) is 68.3 Å². The molecular formula is C38H20F4O4S3. The molecule has 0 radical (unpaired) electrons. The molecule has 49 heavy (non-hydrogen) atoms. The van der Waals surface area contributed by atoms with E-state index in [1.54, 1.807) is 28.7 Å². The summed E-state index contributed by atoms with van der Waals surface area (Å²) < 4.78 is 61.5. The molecule has 9 rings (SSSR count). The van der Waals surface area contributed by atoms with Gasteiger partial charge in [0.05, 0.1) is 19.7 Å². The Balaban J connectivity index is 1.14. The van der Waals surface area contributed by atoms with Crippen LogP contribution in [0.5, 0.6) is 0 Å². The number of benzene rings is 2. The van der Waals surface area contributed by atoms with Crippen molar-refractivity contribution in [3.8, 4) is 0 Å². The van der Waals surface area contributed by atoms with Gasteiger partial charge in [0.1, 0.15) is 23.3 Å². The van der Waals surface area contributed by atoms with Crippen LogP contribution in [0.2, 0.25) is 0 Å². The van der Waals surface area contributed by atoms with Crippen molar-refractivity contribution in [2.75, 3.05) is 0 Å². The molecule has 4 nitrogen and oxygen atoms in total. The number of Topliss-reactive ketones (excluding diaryl/α,β-unsaturated/α-hetero) is 4. The summed E-state index contributed by atoms with van der Waals surface area (Å²) in [6, 6.07) is 5.10. The Morgan fingerprint density at radius 2 is 1.27 bits per heavy atom. The summed E-state index contributed by atoms with van der Waals surface area (Å²) in [4.78, 5) is 52.8. The summed E-state index contributed by atoms with van der Waals surface area (Å²) in [5.74, 6) is -7.48. The van der Waals surface area contributed by atoms with Crippen LogP contribution in [-0.4, -0.2) is 23.1 Å². The van der Waals surface area contributed by atoms with Crippen molar-refractivity contribution in [3.63, 3.8) is 0 Å². The number of hydrogen-bond acceptors (Lipinski definition) is 7. The van der Waals surface area contributed by atoms with Crippen molar-refractivity contribution in [1.29, 1.82) is 0 Å². The van der Waals surface area contributed by atoms with E-state index in [0.717, 1.165) is 52.5 Å². The molecule has 0 spiro atoms. The summed E-state index contributed by atoms with van der Waals surface area (Å²) in [6.45, 7) is 8.31. The molecule has 0 saturated heterocycles. The molecule has 0 fully saturated rings. The minimum Gasteiger partial charge on any atom is -0.285 e. The first kappa shape index (κ1) is 30.5. The lowest BCUT2D eigenvalue weighted by Gasteiger charge is -2.25. The summed E-state index contributed by atoms with van der Waals surface area (Å²) >= 11 is 4.68. The fraction of sp³-hybridized carbons (Fsp3) is 0.158. The smallest absolute Gasteiger partial charge is 0.237 e. The molecule has 0 saturated carbocycles. The molecular weight excluding hydrogens is 693 g/mol. The molecule has 242 valence electrons. The van der Waals surface area contributed by atoms with Gasteiger partial charge in [-0.25, -0.2) is 17.6 Å². The van der Waals surface area contributed by atoms with Crippen LogP contribution in [0.3, 0.4) is 0 Å². The van der Waals surface area contributed by atoms with E-state index in [-0.39, 0.29) is 27.8 Å². The van der Waals surface area contributed by atoms with E-state index in [9.17, 15) is 36.7 Å². The van der Waals surface area contributed by atoms with Gasteiger partial charge in [0, 0.05) is 65.3 Å². The molecule has 4 aliphatic carbocycles. The molecule has 0 N–H and O–H groups in total. The lowest BCUT2D eigenvalue weighted by molar-refractivity contribution is -0.110. The number of carbonyl (C=O) groups excluding carboxylic acids is 4. The van der Waals surface area contributed by atoms with Gasteiger partial charge in [-0.2, -0.15) is 0 Å². The average Bonchev–Trinajstić information content (AvgIpc) is 3.83. The van der Waals surface area contributed by atoms with E-state index >= 15 is 0 Å². The standard InChI is InChI=1S/C38H20F4O4S3/c1-37(2)13(5-19-25-20(31(45)30(19)44)8-15(40)9-22(25)41)6-21-27(37)34-28(38(21,3)4)35-36(49-34)33-24(48-35)12-16(47-33)11-18-17-7-14(39)10-23(42)26(17)32(46)29(18)43/h5-12H,1-4H3/b18-11-,19-5-. The van der Waals surface area contributed by atoms with Crippen molar-refractivity contribution < 1.29 is 36.7 Å². The third kappa shape index (κ3) is 3.83. The molecule has 11 heteroatoms. The average molecular weight is 713 g/mol. The van der Waals surface area contributed by atoms with Gasteiger partial charge in [-0.1, -0.05) is 33.8 Å². The van der Waals surface area contributed by atoms with E-state index in [1.165, 1.54) is 23.0 Å². The number of rotatable bonds is 2. The van der Waals surface area contributed by atoms with Crippen molar-refractivity contribution in [2.45, 2.75) is 33.1 Å². The lowest BCUT2D eigenvalue weighted by Crippen LogP contribution is -2.15. The van der Waals surface area contributed by atoms with Crippen LogP contribution in [0, 0.1) is 28.7 Å². The van der Waals surface area contributed by atoms with Gasteiger partial charge >= 0.3 is 0 Å². The Morgan fingerprint density at radius 1 is 0.612 bits per heavy atom. The van der Waals surface area contributed by atoms with Crippen molar-refractivity contribution in [3.05, 3.63) is 114 Å². The maximum absolute atomic E-state index is 14.9. The molecule has 4 aliphatic rings. The van der Waals surface area contributed by atoms with Crippen molar-refractivity contribution in [1.82, 2.24) is 0 Å². The molecule has 0 aliphatic heterocycles. The van der Waals surface area contributed by atoms with Crippen LogP contribution in [0.25, 0.3) is 41.6 Å². The molecule has 3 aromatic heterocycles. The van der Waals surface area contributed by atoms with Gasteiger partial charge < -0.3 is 0 Å². The Morgan fingerprint density at radius 3 is 1.98 bits per heavy atom. The Hall–Kier alpha value is -4.58. The summed E-state index contributed by atoms with van der Waals surface area (Å²) in [5.41, 5.74) is 1.97. The minimum absolute atomic E-state index is 0.0383. The molecule has 0 bridgehead atoms. The predicted octanol–water partition coefficient (Wildman–Crippen LogP) is 9.90. The van der Waals surface area contributed by atoms with E-state index in [2.05, 4.69) is 13.8 Å². The van der Waals surface area contributed by atoms with Crippen LogP contribution in [-0.2, 0) is 15.0 Å². The van der Waals surface area contributed by atoms with E-state index in [1.807, 2.05) is 26.0 Å². The normalized spacial score (nSPS) is 20.4. The fourth-order valence-corrected chi connectivity index (χ4v) is 12.4. The molecule has 5 aromatic rings. The molecule has 0 atom stereocenters. The van der Waals surface area contributed by atoms with Gasteiger partial charge in [-0.05, 0) is 52.6 Å². The van der Waals surface area contributed by atoms with Gasteiger partial charge in [-0.3, -0.25) is 19.2 Å². The zero-order valence-electron chi connectivity index (χ0n) is 26.0. The van der Waals surface area contributed by atoms with Gasteiger partial charge in [-0.15, -0.1) is 34.0 Å².